The Morgan fingerprint density at radius 1 is 1.24 bits per heavy atom. The van der Waals surface area contributed by atoms with Crippen LogP contribution in [0.1, 0.15) is 15.9 Å². The van der Waals surface area contributed by atoms with Crippen LogP contribution in [0.5, 0.6) is 0 Å². The van der Waals surface area contributed by atoms with Crippen LogP contribution in [0, 0.1) is 6.92 Å². The van der Waals surface area contributed by atoms with Gasteiger partial charge in [-0.2, -0.15) is 0 Å². The average molecular weight is 389 g/mol. The smallest absolute Gasteiger partial charge is 0.257 e. The van der Waals surface area contributed by atoms with Crippen molar-refractivity contribution >= 4 is 56.5 Å². The first-order valence-corrected chi connectivity index (χ1v) is 7.57. The molecule has 0 saturated heterocycles. The normalized spacial score (nSPS) is 10.3. The summed E-state index contributed by atoms with van der Waals surface area (Å²) in [6.07, 6.45) is 1.43. The van der Waals surface area contributed by atoms with Gasteiger partial charge in [0.15, 0.2) is 0 Å². The van der Waals surface area contributed by atoms with Crippen LogP contribution in [0.25, 0.3) is 0 Å². The van der Waals surface area contributed by atoms with E-state index in [4.69, 9.17) is 23.2 Å². The van der Waals surface area contributed by atoms with E-state index in [9.17, 15) is 4.79 Å². The van der Waals surface area contributed by atoms with Gasteiger partial charge in [0, 0.05) is 22.7 Å². The van der Waals surface area contributed by atoms with Gasteiger partial charge in [-0.15, -0.1) is 0 Å². The predicted molar refractivity (Wildman–Crippen MR) is 90.6 cm³/mol. The summed E-state index contributed by atoms with van der Waals surface area (Å²) in [5.41, 5.74) is 1.83. The molecular weight excluding hydrogens is 377 g/mol. The minimum Gasteiger partial charge on any atom is -0.373 e. The first-order chi connectivity index (χ1) is 9.92. The molecule has 110 valence electrons. The van der Waals surface area contributed by atoms with Crippen molar-refractivity contribution in [2.75, 3.05) is 17.7 Å². The quantitative estimate of drug-likeness (QED) is 0.797. The Balaban J connectivity index is 2.32. The van der Waals surface area contributed by atoms with Gasteiger partial charge in [-0.25, -0.2) is 4.98 Å². The number of nitrogens with one attached hydrogen (secondary N) is 2. The Kier molecular flexibility index (Phi) is 5.08. The number of hydrogen-bond acceptors (Lipinski definition) is 3. The Morgan fingerprint density at radius 2 is 1.95 bits per heavy atom. The van der Waals surface area contributed by atoms with E-state index in [2.05, 4.69) is 31.5 Å². The minimum atomic E-state index is -0.334. The third-order valence-electron chi connectivity index (χ3n) is 2.85. The van der Waals surface area contributed by atoms with Gasteiger partial charge in [-0.1, -0.05) is 23.2 Å². The van der Waals surface area contributed by atoms with E-state index in [-0.39, 0.29) is 10.9 Å². The molecule has 0 atom stereocenters. The number of pyridine rings is 1. The van der Waals surface area contributed by atoms with E-state index in [1.54, 1.807) is 19.2 Å². The number of carbonyl (C=O) groups excluding carboxylic acids is 1. The van der Waals surface area contributed by atoms with Crippen LogP contribution in [0.4, 0.5) is 11.5 Å². The zero-order chi connectivity index (χ0) is 15.6. The van der Waals surface area contributed by atoms with E-state index in [1.165, 1.54) is 6.20 Å². The van der Waals surface area contributed by atoms with Crippen molar-refractivity contribution in [1.82, 2.24) is 4.98 Å². The molecule has 0 spiro atoms. The lowest BCUT2D eigenvalue weighted by Gasteiger charge is -2.11. The standard InChI is InChI=1S/C14H12BrCl2N3O/c1-7-3-9(15)12(5-10(7)16)20-14(21)8-4-13(18-2)19-6-11(8)17/h3-6H,1-2H3,(H,18,19)(H,20,21). The monoisotopic (exact) mass is 387 g/mol. The molecule has 1 aromatic heterocycles. The fraction of sp³-hybridized carbons (Fsp3) is 0.143. The highest BCUT2D eigenvalue weighted by molar-refractivity contribution is 9.10. The Bertz CT molecular complexity index is 707. The third kappa shape index (κ3) is 3.67. The van der Waals surface area contributed by atoms with Gasteiger partial charge >= 0.3 is 0 Å². The van der Waals surface area contributed by atoms with Crippen molar-refractivity contribution in [3.63, 3.8) is 0 Å². The molecule has 0 saturated carbocycles. The summed E-state index contributed by atoms with van der Waals surface area (Å²) < 4.78 is 0.747. The van der Waals surface area contributed by atoms with E-state index in [0.717, 1.165) is 10.0 Å². The molecule has 0 fully saturated rings. The van der Waals surface area contributed by atoms with Gasteiger partial charge in [0.25, 0.3) is 5.91 Å². The van der Waals surface area contributed by atoms with Crippen molar-refractivity contribution in [3.05, 3.63) is 50.0 Å². The minimum absolute atomic E-state index is 0.279. The fourth-order valence-corrected chi connectivity index (χ4v) is 2.59. The van der Waals surface area contributed by atoms with Gasteiger partial charge in [0.2, 0.25) is 0 Å². The molecule has 0 unspecified atom stereocenters. The highest BCUT2D eigenvalue weighted by atomic mass is 79.9. The number of amides is 1. The fourth-order valence-electron chi connectivity index (χ4n) is 1.68. The van der Waals surface area contributed by atoms with Crippen LogP contribution in [0.3, 0.4) is 0 Å². The molecule has 2 rings (SSSR count). The molecule has 4 nitrogen and oxygen atoms in total. The number of aryl methyl sites for hydroxylation is 1. The number of benzene rings is 1. The molecule has 0 bridgehead atoms. The maximum atomic E-state index is 12.3. The van der Waals surface area contributed by atoms with Gasteiger partial charge in [-0.05, 0) is 46.6 Å². The van der Waals surface area contributed by atoms with Crippen molar-refractivity contribution in [1.29, 1.82) is 0 Å². The Labute approximate surface area is 141 Å². The first-order valence-electron chi connectivity index (χ1n) is 6.02. The number of anilines is 2. The molecule has 0 radical (unpaired) electrons. The molecule has 1 amide bonds. The lowest BCUT2D eigenvalue weighted by molar-refractivity contribution is 0.102. The van der Waals surface area contributed by atoms with E-state index in [1.807, 2.05) is 13.0 Å². The summed E-state index contributed by atoms with van der Waals surface area (Å²) in [7, 11) is 1.72. The number of aromatic nitrogens is 1. The molecule has 2 N–H and O–H groups in total. The summed E-state index contributed by atoms with van der Waals surface area (Å²) in [5, 5.41) is 6.49. The van der Waals surface area contributed by atoms with Crippen molar-refractivity contribution in [2.24, 2.45) is 0 Å². The highest BCUT2D eigenvalue weighted by Crippen LogP contribution is 2.30. The zero-order valence-corrected chi connectivity index (χ0v) is 14.4. The zero-order valence-electron chi connectivity index (χ0n) is 11.3. The second-order valence-corrected chi connectivity index (χ2v) is 6.00. The molecule has 0 aliphatic carbocycles. The van der Waals surface area contributed by atoms with Gasteiger partial charge in [0.1, 0.15) is 5.82 Å². The van der Waals surface area contributed by atoms with Crippen LogP contribution < -0.4 is 10.6 Å². The molecule has 0 aliphatic heterocycles. The van der Waals surface area contributed by atoms with Gasteiger partial charge < -0.3 is 10.6 Å². The topological polar surface area (TPSA) is 54.0 Å². The SMILES string of the molecule is CNc1cc(C(=O)Nc2cc(Cl)c(C)cc2Br)c(Cl)cn1. The summed E-state index contributed by atoms with van der Waals surface area (Å²) in [5.74, 6) is 0.227. The molecule has 7 heteroatoms. The van der Waals surface area contributed by atoms with E-state index in [0.29, 0.717) is 22.1 Å². The number of halogens is 3. The molecule has 1 heterocycles. The van der Waals surface area contributed by atoms with Crippen molar-refractivity contribution in [3.8, 4) is 0 Å². The highest BCUT2D eigenvalue weighted by Gasteiger charge is 2.14. The summed E-state index contributed by atoms with van der Waals surface area (Å²) in [6, 6.07) is 5.11. The second-order valence-electron chi connectivity index (χ2n) is 4.33. The number of rotatable bonds is 3. The maximum absolute atomic E-state index is 12.3. The largest absolute Gasteiger partial charge is 0.373 e. The first kappa shape index (κ1) is 16.1. The van der Waals surface area contributed by atoms with Crippen LogP contribution in [0.2, 0.25) is 10.0 Å². The van der Waals surface area contributed by atoms with Crippen LogP contribution in [0.15, 0.2) is 28.9 Å². The average Bonchev–Trinajstić information content (AvgIpc) is 2.45. The van der Waals surface area contributed by atoms with Crippen molar-refractivity contribution in [2.45, 2.75) is 6.92 Å². The Hall–Kier alpha value is -1.30. The van der Waals surface area contributed by atoms with E-state index >= 15 is 0 Å². The third-order valence-corrected chi connectivity index (χ3v) is 4.22. The van der Waals surface area contributed by atoms with Crippen LogP contribution in [-0.2, 0) is 0 Å². The van der Waals surface area contributed by atoms with E-state index < -0.39 is 0 Å². The number of hydrogen-bond donors (Lipinski definition) is 2. The number of carbonyl (C=O) groups is 1. The lowest BCUT2D eigenvalue weighted by Crippen LogP contribution is -2.13. The molecule has 21 heavy (non-hydrogen) atoms. The van der Waals surface area contributed by atoms with Gasteiger partial charge in [-0.3, -0.25) is 4.79 Å². The maximum Gasteiger partial charge on any atom is 0.257 e. The summed E-state index contributed by atoms with van der Waals surface area (Å²) >= 11 is 15.5. The number of nitrogens with zero attached hydrogens (tertiary/aromatic N) is 1. The van der Waals surface area contributed by atoms with Crippen molar-refractivity contribution < 1.29 is 4.79 Å². The second kappa shape index (κ2) is 6.64. The van der Waals surface area contributed by atoms with Gasteiger partial charge in [0.05, 0.1) is 16.3 Å². The molecular formula is C14H12BrCl2N3O. The predicted octanol–water partition coefficient (Wildman–Crippen LogP) is 4.75. The summed E-state index contributed by atoms with van der Waals surface area (Å²) in [6.45, 7) is 1.89. The molecule has 2 aromatic rings. The summed E-state index contributed by atoms with van der Waals surface area (Å²) in [4.78, 5) is 16.4. The lowest BCUT2D eigenvalue weighted by atomic mass is 10.2. The molecule has 0 aliphatic rings. The molecule has 1 aromatic carbocycles. The van der Waals surface area contributed by atoms with Crippen LogP contribution >= 0.6 is 39.1 Å². The Morgan fingerprint density at radius 3 is 2.62 bits per heavy atom. The van der Waals surface area contributed by atoms with Crippen LogP contribution in [-0.4, -0.2) is 17.9 Å².